The Morgan fingerprint density at radius 1 is 1.20 bits per heavy atom. The molecule has 3 rings (SSSR count). The lowest BCUT2D eigenvalue weighted by atomic mass is 10.0. The molecule has 3 N–H and O–H groups in total. The van der Waals surface area contributed by atoms with Crippen molar-refractivity contribution >= 4 is 11.8 Å². The molecule has 5 nitrogen and oxygen atoms in total. The van der Waals surface area contributed by atoms with E-state index in [0.29, 0.717) is 19.0 Å². The van der Waals surface area contributed by atoms with Gasteiger partial charge in [0.15, 0.2) is 0 Å². The number of nitrogens with two attached hydrogens (primary N) is 1. The van der Waals surface area contributed by atoms with E-state index in [0.717, 1.165) is 12.8 Å². The van der Waals surface area contributed by atoms with E-state index in [-0.39, 0.29) is 23.8 Å². The van der Waals surface area contributed by atoms with Crippen LogP contribution in [-0.4, -0.2) is 28.8 Å². The van der Waals surface area contributed by atoms with Crippen molar-refractivity contribution in [3.63, 3.8) is 0 Å². The van der Waals surface area contributed by atoms with Crippen LogP contribution in [0.1, 0.15) is 37.8 Å². The van der Waals surface area contributed by atoms with Crippen molar-refractivity contribution in [3.8, 4) is 0 Å². The number of carbonyl (C=O) groups is 2. The number of hydrogen-bond donors (Lipinski definition) is 2. The van der Waals surface area contributed by atoms with E-state index in [1.807, 2.05) is 37.0 Å². The molecule has 1 heterocycles. The monoisotopic (exact) mass is 341 g/mol. The largest absolute Gasteiger partial charge is 0.348 e. The fourth-order valence-corrected chi connectivity index (χ4v) is 3.12. The van der Waals surface area contributed by atoms with Gasteiger partial charge < -0.3 is 16.0 Å². The summed E-state index contributed by atoms with van der Waals surface area (Å²) in [6.07, 6.45) is 5.61. The summed E-state index contributed by atoms with van der Waals surface area (Å²) < 4.78 is 0. The van der Waals surface area contributed by atoms with Crippen molar-refractivity contribution in [2.45, 2.75) is 51.9 Å². The van der Waals surface area contributed by atoms with Crippen molar-refractivity contribution < 1.29 is 9.59 Å². The van der Waals surface area contributed by atoms with E-state index in [4.69, 9.17) is 5.73 Å². The van der Waals surface area contributed by atoms with Crippen LogP contribution in [0.3, 0.4) is 0 Å². The van der Waals surface area contributed by atoms with Gasteiger partial charge in [-0.25, -0.2) is 0 Å². The third kappa shape index (κ3) is 4.28. The summed E-state index contributed by atoms with van der Waals surface area (Å²) in [5.41, 5.74) is 8.34. The highest BCUT2D eigenvalue weighted by Gasteiger charge is 2.32. The third-order valence-corrected chi connectivity index (χ3v) is 5.06. The van der Waals surface area contributed by atoms with Crippen LogP contribution in [0, 0.1) is 11.8 Å². The number of fused-ring (bicyclic) bond motifs is 1. The predicted molar refractivity (Wildman–Crippen MR) is 97.3 cm³/mol. The smallest absolute Gasteiger partial charge is 0.246 e. The maximum Gasteiger partial charge on any atom is 0.246 e. The first-order valence-corrected chi connectivity index (χ1v) is 9.05. The number of carbonyl (C=O) groups excluding carboxylic acids is 2. The second kappa shape index (κ2) is 7.40. The minimum atomic E-state index is -0.515. The van der Waals surface area contributed by atoms with Crippen LogP contribution in [0.2, 0.25) is 0 Å². The SMILES string of the molecule is CC(C)C(N)C(=O)NC(C=CC(=O)N1Cc2ccccc2C1)C1CC1. The van der Waals surface area contributed by atoms with Crippen LogP contribution in [0.5, 0.6) is 0 Å². The molecule has 2 aliphatic rings. The van der Waals surface area contributed by atoms with Crippen LogP contribution in [0.4, 0.5) is 0 Å². The summed E-state index contributed by atoms with van der Waals surface area (Å²) in [6, 6.07) is 7.50. The second-order valence-corrected chi connectivity index (χ2v) is 7.46. The number of benzene rings is 1. The molecule has 0 radical (unpaired) electrons. The van der Waals surface area contributed by atoms with Gasteiger partial charge in [0.1, 0.15) is 0 Å². The molecule has 134 valence electrons. The molecule has 1 saturated carbocycles. The van der Waals surface area contributed by atoms with E-state index in [9.17, 15) is 9.59 Å². The highest BCUT2D eigenvalue weighted by atomic mass is 16.2. The molecule has 2 unspecified atom stereocenters. The molecule has 0 saturated heterocycles. The highest BCUT2D eigenvalue weighted by molar-refractivity contribution is 5.88. The number of nitrogens with zero attached hydrogens (tertiary/aromatic N) is 1. The van der Waals surface area contributed by atoms with Crippen molar-refractivity contribution in [1.82, 2.24) is 10.2 Å². The van der Waals surface area contributed by atoms with Gasteiger partial charge in [-0.15, -0.1) is 0 Å². The summed E-state index contributed by atoms with van der Waals surface area (Å²) in [5, 5.41) is 3.00. The van der Waals surface area contributed by atoms with Gasteiger partial charge in [0, 0.05) is 19.2 Å². The normalized spacial score (nSPS) is 19.1. The number of rotatable bonds is 6. The van der Waals surface area contributed by atoms with Crippen molar-refractivity contribution in [1.29, 1.82) is 0 Å². The molecule has 0 spiro atoms. The molecule has 2 atom stereocenters. The zero-order valence-electron chi connectivity index (χ0n) is 14.9. The lowest BCUT2D eigenvalue weighted by Gasteiger charge is -2.20. The average molecular weight is 341 g/mol. The van der Waals surface area contributed by atoms with E-state index < -0.39 is 6.04 Å². The van der Waals surface area contributed by atoms with Crippen molar-refractivity contribution in [3.05, 3.63) is 47.5 Å². The Morgan fingerprint density at radius 2 is 1.80 bits per heavy atom. The summed E-state index contributed by atoms with van der Waals surface area (Å²) in [6.45, 7) is 5.16. The number of amides is 2. The van der Waals surface area contributed by atoms with Crippen LogP contribution in [-0.2, 0) is 22.7 Å². The quantitative estimate of drug-likeness (QED) is 0.777. The van der Waals surface area contributed by atoms with Gasteiger partial charge in [0.05, 0.1) is 12.1 Å². The Balaban J connectivity index is 1.59. The zero-order chi connectivity index (χ0) is 18.0. The maximum atomic E-state index is 12.5. The Kier molecular flexibility index (Phi) is 5.23. The summed E-state index contributed by atoms with van der Waals surface area (Å²) >= 11 is 0. The first-order valence-electron chi connectivity index (χ1n) is 9.05. The molecule has 1 aliphatic heterocycles. The average Bonchev–Trinajstić information content (AvgIpc) is 3.35. The van der Waals surface area contributed by atoms with E-state index in [2.05, 4.69) is 17.4 Å². The molecule has 2 amide bonds. The van der Waals surface area contributed by atoms with Gasteiger partial charge in [0.2, 0.25) is 11.8 Å². The van der Waals surface area contributed by atoms with Gasteiger partial charge in [-0.2, -0.15) is 0 Å². The Hall–Kier alpha value is -2.14. The Morgan fingerprint density at radius 3 is 2.32 bits per heavy atom. The first kappa shape index (κ1) is 17.7. The Bertz CT molecular complexity index is 654. The summed E-state index contributed by atoms with van der Waals surface area (Å²) in [4.78, 5) is 26.5. The van der Waals surface area contributed by atoms with Crippen LogP contribution in [0.15, 0.2) is 36.4 Å². The van der Waals surface area contributed by atoms with E-state index in [1.165, 1.54) is 11.1 Å². The zero-order valence-corrected chi connectivity index (χ0v) is 14.9. The van der Waals surface area contributed by atoms with Gasteiger partial charge in [0.25, 0.3) is 0 Å². The van der Waals surface area contributed by atoms with Crippen LogP contribution in [0.25, 0.3) is 0 Å². The maximum absolute atomic E-state index is 12.5. The fraction of sp³-hybridized carbons (Fsp3) is 0.500. The molecule has 0 aromatic heterocycles. The topological polar surface area (TPSA) is 75.4 Å². The fourth-order valence-electron chi connectivity index (χ4n) is 3.12. The van der Waals surface area contributed by atoms with Gasteiger partial charge in [-0.1, -0.05) is 44.2 Å². The molecule has 1 aromatic carbocycles. The minimum absolute atomic E-state index is 0.00995. The van der Waals surface area contributed by atoms with Gasteiger partial charge >= 0.3 is 0 Å². The molecule has 25 heavy (non-hydrogen) atoms. The summed E-state index contributed by atoms with van der Waals surface area (Å²) in [7, 11) is 0. The molecule has 5 heteroatoms. The van der Waals surface area contributed by atoms with E-state index in [1.54, 1.807) is 6.08 Å². The second-order valence-electron chi connectivity index (χ2n) is 7.46. The standard InChI is InChI=1S/C20H27N3O2/c1-13(2)19(21)20(25)22-17(14-7-8-14)9-10-18(24)23-11-15-5-3-4-6-16(15)12-23/h3-6,9-10,13-14,17,19H,7-8,11-12,21H2,1-2H3,(H,22,25). The lowest BCUT2D eigenvalue weighted by Crippen LogP contribution is -2.48. The molecular formula is C20H27N3O2. The molecule has 1 aromatic rings. The molecular weight excluding hydrogens is 314 g/mol. The molecule has 0 bridgehead atoms. The highest BCUT2D eigenvalue weighted by Crippen LogP contribution is 2.33. The molecule has 1 fully saturated rings. The van der Waals surface area contributed by atoms with Crippen molar-refractivity contribution in [2.24, 2.45) is 17.6 Å². The Labute approximate surface area is 149 Å². The third-order valence-electron chi connectivity index (χ3n) is 5.06. The number of hydrogen-bond acceptors (Lipinski definition) is 3. The van der Waals surface area contributed by atoms with E-state index >= 15 is 0 Å². The van der Waals surface area contributed by atoms with Gasteiger partial charge in [-0.05, 0) is 35.8 Å². The van der Waals surface area contributed by atoms with Crippen LogP contribution >= 0.6 is 0 Å². The number of nitrogens with one attached hydrogen (secondary N) is 1. The van der Waals surface area contributed by atoms with Crippen molar-refractivity contribution in [2.75, 3.05) is 0 Å². The summed E-state index contributed by atoms with van der Waals surface area (Å²) in [5.74, 6) is 0.360. The first-order chi connectivity index (χ1) is 12.0. The predicted octanol–water partition coefficient (Wildman–Crippen LogP) is 1.96. The van der Waals surface area contributed by atoms with Crippen LogP contribution < -0.4 is 11.1 Å². The lowest BCUT2D eigenvalue weighted by molar-refractivity contribution is -0.127. The van der Waals surface area contributed by atoms with Gasteiger partial charge in [-0.3, -0.25) is 9.59 Å². The molecule has 1 aliphatic carbocycles. The minimum Gasteiger partial charge on any atom is -0.348 e.